The summed E-state index contributed by atoms with van der Waals surface area (Å²) in [4.78, 5) is 11.2. The van der Waals surface area contributed by atoms with Crippen molar-refractivity contribution in [2.45, 2.75) is 19.9 Å². The van der Waals surface area contributed by atoms with Gasteiger partial charge in [-0.3, -0.25) is 4.79 Å². The van der Waals surface area contributed by atoms with Crippen molar-refractivity contribution in [3.05, 3.63) is 0 Å². The minimum atomic E-state index is -0.134. The number of hydrogen-bond acceptors (Lipinski definition) is 4. The van der Waals surface area contributed by atoms with Crippen molar-refractivity contribution in [3.63, 3.8) is 0 Å². The molecule has 3 N–H and O–H groups in total. The van der Waals surface area contributed by atoms with Crippen LogP contribution in [0.5, 0.6) is 0 Å². The normalized spacial score (nSPS) is 12.5. The Bertz CT molecular complexity index is 153. The molecule has 0 spiro atoms. The lowest BCUT2D eigenvalue weighted by Crippen LogP contribution is -2.38. The molecule has 0 radical (unpaired) electrons. The van der Waals surface area contributed by atoms with Crippen molar-refractivity contribution in [2.24, 2.45) is 5.73 Å². The van der Waals surface area contributed by atoms with E-state index in [9.17, 15) is 4.79 Å². The highest BCUT2D eigenvalue weighted by atomic mass is 16.5. The fourth-order valence-corrected chi connectivity index (χ4v) is 0.901. The third-order valence-electron chi connectivity index (χ3n) is 1.47. The van der Waals surface area contributed by atoms with E-state index in [1.54, 1.807) is 0 Å². The van der Waals surface area contributed by atoms with Gasteiger partial charge in [0.1, 0.15) is 6.61 Å². The molecule has 0 aromatic rings. The van der Waals surface area contributed by atoms with E-state index in [0.29, 0.717) is 26.4 Å². The van der Waals surface area contributed by atoms with Gasteiger partial charge in [0.05, 0.1) is 13.2 Å². The average Bonchev–Trinajstić information content (AvgIpc) is 2.15. The van der Waals surface area contributed by atoms with Crippen LogP contribution in [0.2, 0.25) is 0 Å². The Kier molecular flexibility index (Phi) is 8.51. The molecule has 0 saturated heterocycles. The molecule has 0 aromatic carbocycles. The minimum Gasteiger partial charge on any atom is -0.380 e. The lowest BCUT2D eigenvalue weighted by Gasteiger charge is -2.13. The number of hydrogen-bond donors (Lipinski definition) is 2. The molecule has 0 aliphatic heterocycles. The van der Waals surface area contributed by atoms with Crippen molar-refractivity contribution >= 4 is 5.91 Å². The summed E-state index contributed by atoms with van der Waals surface area (Å²) in [5, 5.41) is 2.74. The molecule has 5 nitrogen and oxygen atoms in total. The Morgan fingerprint density at radius 2 is 2.21 bits per heavy atom. The number of nitrogens with one attached hydrogen (secondary N) is 1. The van der Waals surface area contributed by atoms with E-state index in [1.165, 1.54) is 0 Å². The van der Waals surface area contributed by atoms with Crippen LogP contribution in [0.15, 0.2) is 0 Å². The second-order valence-corrected chi connectivity index (χ2v) is 2.97. The Labute approximate surface area is 84.9 Å². The van der Waals surface area contributed by atoms with Crippen molar-refractivity contribution < 1.29 is 14.3 Å². The zero-order chi connectivity index (χ0) is 10.8. The molecule has 1 unspecified atom stereocenters. The first kappa shape index (κ1) is 13.4. The van der Waals surface area contributed by atoms with Crippen LogP contribution < -0.4 is 11.1 Å². The first-order valence-electron chi connectivity index (χ1n) is 4.85. The van der Waals surface area contributed by atoms with Gasteiger partial charge in [-0.1, -0.05) is 0 Å². The van der Waals surface area contributed by atoms with Crippen LogP contribution in [0, 0.1) is 0 Å². The molecular weight excluding hydrogens is 184 g/mol. The standard InChI is InChI=1S/C9H20N2O3/c1-3-13-6-8(2)11-9(12)7-14-5-4-10/h8H,3-7,10H2,1-2H3,(H,11,12). The van der Waals surface area contributed by atoms with E-state index in [1.807, 2.05) is 13.8 Å². The van der Waals surface area contributed by atoms with Crippen LogP contribution in [-0.2, 0) is 14.3 Å². The van der Waals surface area contributed by atoms with Crippen LogP contribution in [0.3, 0.4) is 0 Å². The zero-order valence-electron chi connectivity index (χ0n) is 8.91. The fourth-order valence-electron chi connectivity index (χ4n) is 0.901. The van der Waals surface area contributed by atoms with Crippen molar-refractivity contribution in [2.75, 3.05) is 33.0 Å². The highest BCUT2D eigenvalue weighted by Crippen LogP contribution is 1.84. The average molecular weight is 204 g/mol. The summed E-state index contributed by atoms with van der Waals surface area (Å²) in [6.07, 6.45) is 0. The number of carbonyl (C=O) groups excluding carboxylic acids is 1. The number of ether oxygens (including phenoxy) is 2. The topological polar surface area (TPSA) is 73.6 Å². The van der Waals surface area contributed by atoms with Gasteiger partial charge in [0.15, 0.2) is 0 Å². The van der Waals surface area contributed by atoms with Gasteiger partial charge in [0, 0.05) is 19.2 Å². The summed E-state index contributed by atoms with van der Waals surface area (Å²) in [5.41, 5.74) is 5.21. The molecule has 14 heavy (non-hydrogen) atoms. The number of carbonyl (C=O) groups is 1. The zero-order valence-corrected chi connectivity index (χ0v) is 8.91. The highest BCUT2D eigenvalue weighted by molar-refractivity contribution is 5.77. The van der Waals surface area contributed by atoms with E-state index in [4.69, 9.17) is 15.2 Å². The molecule has 0 fully saturated rings. The third kappa shape index (κ3) is 7.97. The summed E-state index contributed by atoms with van der Waals surface area (Å²) < 4.78 is 10.1. The maximum atomic E-state index is 11.2. The molecule has 84 valence electrons. The van der Waals surface area contributed by atoms with Crippen molar-refractivity contribution in [3.8, 4) is 0 Å². The van der Waals surface area contributed by atoms with E-state index >= 15 is 0 Å². The molecule has 0 bridgehead atoms. The third-order valence-corrected chi connectivity index (χ3v) is 1.47. The molecule has 0 saturated carbocycles. The van der Waals surface area contributed by atoms with Crippen LogP contribution >= 0.6 is 0 Å². The summed E-state index contributed by atoms with van der Waals surface area (Å²) in [6.45, 7) is 5.89. The van der Waals surface area contributed by atoms with E-state index in [0.717, 1.165) is 0 Å². The Hall–Kier alpha value is -0.650. The smallest absolute Gasteiger partial charge is 0.246 e. The SMILES string of the molecule is CCOCC(C)NC(=O)COCCN. The van der Waals surface area contributed by atoms with Crippen molar-refractivity contribution in [1.82, 2.24) is 5.32 Å². The summed E-state index contributed by atoms with van der Waals surface area (Å²) in [7, 11) is 0. The molecular formula is C9H20N2O3. The van der Waals surface area contributed by atoms with Gasteiger partial charge in [-0.2, -0.15) is 0 Å². The molecule has 0 aromatic heterocycles. The number of amides is 1. The number of nitrogens with two attached hydrogens (primary N) is 1. The van der Waals surface area contributed by atoms with Gasteiger partial charge in [0.2, 0.25) is 5.91 Å². The molecule has 1 amide bonds. The molecule has 0 rings (SSSR count). The van der Waals surface area contributed by atoms with Crippen LogP contribution in [-0.4, -0.2) is 44.9 Å². The first-order chi connectivity index (χ1) is 6.70. The largest absolute Gasteiger partial charge is 0.380 e. The number of rotatable bonds is 8. The maximum Gasteiger partial charge on any atom is 0.246 e. The van der Waals surface area contributed by atoms with Crippen LogP contribution in [0.1, 0.15) is 13.8 Å². The van der Waals surface area contributed by atoms with E-state index in [-0.39, 0.29) is 18.6 Å². The first-order valence-corrected chi connectivity index (χ1v) is 4.85. The van der Waals surface area contributed by atoms with E-state index < -0.39 is 0 Å². The summed E-state index contributed by atoms with van der Waals surface area (Å²) in [6, 6.07) is 0.0175. The minimum absolute atomic E-state index is 0.0175. The highest BCUT2D eigenvalue weighted by Gasteiger charge is 2.06. The second kappa shape index (κ2) is 8.93. The van der Waals surface area contributed by atoms with Gasteiger partial charge in [-0.05, 0) is 13.8 Å². The fraction of sp³-hybridized carbons (Fsp3) is 0.889. The van der Waals surface area contributed by atoms with Gasteiger partial charge in [-0.15, -0.1) is 0 Å². The summed E-state index contributed by atoms with van der Waals surface area (Å²) in [5.74, 6) is -0.134. The Morgan fingerprint density at radius 1 is 1.50 bits per heavy atom. The molecule has 5 heteroatoms. The monoisotopic (exact) mass is 204 g/mol. The van der Waals surface area contributed by atoms with E-state index in [2.05, 4.69) is 5.32 Å². The Balaban J connectivity index is 3.40. The van der Waals surface area contributed by atoms with Gasteiger partial charge in [-0.25, -0.2) is 0 Å². The second-order valence-electron chi connectivity index (χ2n) is 2.97. The van der Waals surface area contributed by atoms with Gasteiger partial charge in [0.25, 0.3) is 0 Å². The molecule has 0 aliphatic carbocycles. The summed E-state index contributed by atoms with van der Waals surface area (Å²) >= 11 is 0. The predicted octanol–water partition coefficient (Wildman–Crippen LogP) is -0.497. The van der Waals surface area contributed by atoms with Crippen LogP contribution in [0.4, 0.5) is 0 Å². The lowest BCUT2D eigenvalue weighted by molar-refractivity contribution is -0.126. The van der Waals surface area contributed by atoms with Gasteiger partial charge < -0.3 is 20.5 Å². The quantitative estimate of drug-likeness (QED) is 0.523. The molecule has 0 heterocycles. The van der Waals surface area contributed by atoms with Gasteiger partial charge >= 0.3 is 0 Å². The Morgan fingerprint density at radius 3 is 2.79 bits per heavy atom. The predicted molar refractivity (Wildman–Crippen MR) is 54.0 cm³/mol. The lowest BCUT2D eigenvalue weighted by atomic mass is 10.3. The van der Waals surface area contributed by atoms with Crippen LogP contribution in [0.25, 0.3) is 0 Å². The molecule has 0 aliphatic rings. The maximum absolute atomic E-state index is 11.2. The molecule has 1 atom stereocenters. The van der Waals surface area contributed by atoms with Crippen molar-refractivity contribution in [1.29, 1.82) is 0 Å².